The first kappa shape index (κ1) is 19.8. The fourth-order valence-electron chi connectivity index (χ4n) is 3.01. The summed E-state index contributed by atoms with van der Waals surface area (Å²) >= 11 is 0. The van der Waals surface area contributed by atoms with E-state index >= 15 is 0 Å². The average molecular weight is 383 g/mol. The van der Waals surface area contributed by atoms with Crippen LogP contribution in [-0.4, -0.2) is 49.7 Å². The van der Waals surface area contributed by atoms with E-state index in [1.165, 1.54) is 12.3 Å². The second-order valence-electron chi connectivity index (χ2n) is 6.63. The van der Waals surface area contributed by atoms with E-state index in [1.807, 2.05) is 24.3 Å². The van der Waals surface area contributed by atoms with Crippen LogP contribution in [0.15, 0.2) is 42.6 Å². The van der Waals surface area contributed by atoms with Gasteiger partial charge in [-0.05, 0) is 49.1 Å². The third kappa shape index (κ3) is 5.53. The van der Waals surface area contributed by atoms with Crippen molar-refractivity contribution < 1.29 is 19.1 Å². The van der Waals surface area contributed by atoms with Gasteiger partial charge in [-0.2, -0.15) is 0 Å². The van der Waals surface area contributed by atoms with Gasteiger partial charge in [0.05, 0.1) is 13.2 Å². The van der Waals surface area contributed by atoms with E-state index in [0.717, 1.165) is 30.8 Å². The van der Waals surface area contributed by atoms with E-state index in [0.29, 0.717) is 25.1 Å². The maximum Gasteiger partial charge on any atom is 0.269 e. The molecule has 1 unspecified atom stereocenters. The van der Waals surface area contributed by atoms with Crippen LogP contribution >= 0.6 is 0 Å². The highest BCUT2D eigenvalue weighted by molar-refractivity contribution is 5.98. The van der Waals surface area contributed by atoms with E-state index in [4.69, 9.17) is 9.47 Å². The van der Waals surface area contributed by atoms with Crippen LogP contribution < -0.4 is 15.4 Å². The quantitative estimate of drug-likeness (QED) is 0.728. The standard InChI is InChI=1S/C21H25N3O4/c1-27-17-6-4-15(5-7-17)8-10-23-21(26)19-13-16(9-11-22-19)20(25)24-14-18-3-2-12-28-18/h4-7,9,11,13,18H,2-3,8,10,12,14H2,1H3,(H,23,26)(H,24,25). The zero-order valence-corrected chi connectivity index (χ0v) is 15.9. The number of hydrogen-bond acceptors (Lipinski definition) is 5. The van der Waals surface area contributed by atoms with Crippen molar-refractivity contribution in [1.82, 2.24) is 15.6 Å². The molecule has 1 saturated heterocycles. The molecule has 1 aliphatic heterocycles. The summed E-state index contributed by atoms with van der Waals surface area (Å²) in [6, 6.07) is 10.8. The summed E-state index contributed by atoms with van der Waals surface area (Å²) in [4.78, 5) is 28.7. The number of pyridine rings is 1. The summed E-state index contributed by atoms with van der Waals surface area (Å²) in [6.07, 6.45) is 4.22. The van der Waals surface area contributed by atoms with Gasteiger partial charge in [0.25, 0.3) is 11.8 Å². The number of nitrogens with zero attached hydrogens (tertiary/aromatic N) is 1. The van der Waals surface area contributed by atoms with Crippen LogP contribution in [0.4, 0.5) is 0 Å². The summed E-state index contributed by atoms with van der Waals surface area (Å²) in [5.74, 6) is 0.263. The van der Waals surface area contributed by atoms with E-state index in [9.17, 15) is 9.59 Å². The van der Waals surface area contributed by atoms with Crippen molar-refractivity contribution in [3.05, 3.63) is 59.4 Å². The molecule has 7 nitrogen and oxygen atoms in total. The van der Waals surface area contributed by atoms with E-state index in [-0.39, 0.29) is 23.6 Å². The van der Waals surface area contributed by atoms with E-state index in [2.05, 4.69) is 15.6 Å². The highest BCUT2D eigenvalue weighted by Gasteiger charge is 2.17. The van der Waals surface area contributed by atoms with Crippen LogP contribution in [0.25, 0.3) is 0 Å². The van der Waals surface area contributed by atoms with Crippen LogP contribution in [0.1, 0.15) is 39.3 Å². The molecular formula is C21H25N3O4. The highest BCUT2D eigenvalue weighted by atomic mass is 16.5. The molecule has 1 aromatic carbocycles. The number of methoxy groups -OCH3 is 1. The molecule has 2 amide bonds. The van der Waals surface area contributed by atoms with Crippen LogP contribution in [0.2, 0.25) is 0 Å². The molecule has 1 fully saturated rings. The monoisotopic (exact) mass is 383 g/mol. The minimum Gasteiger partial charge on any atom is -0.497 e. The Morgan fingerprint density at radius 3 is 2.71 bits per heavy atom. The Hall–Kier alpha value is -2.93. The lowest BCUT2D eigenvalue weighted by Crippen LogP contribution is -2.32. The maximum absolute atomic E-state index is 12.3. The molecule has 0 spiro atoms. The Bertz CT molecular complexity index is 802. The molecule has 2 heterocycles. The Morgan fingerprint density at radius 2 is 2.00 bits per heavy atom. The van der Waals surface area contributed by atoms with Gasteiger partial charge in [0.2, 0.25) is 0 Å². The van der Waals surface area contributed by atoms with Gasteiger partial charge in [-0.15, -0.1) is 0 Å². The number of rotatable bonds is 8. The van der Waals surface area contributed by atoms with Gasteiger partial charge in [0, 0.05) is 31.5 Å². The maximum atomic E-state index is 12.3. The smallest absolute Gasteiger partial charge is 0.269 e. The molecule has 0 bridgehead atoms. The number of amides is 2. The Kier molecular flexibility index (Phi) is 6.97. The molecule has 1 atom stereocenters. The minimum absolute atomic E-state index is 0.0755. The van der Waals surface area contributed by atoms with Crippen molar-refractivity contribution in [2.75, 3.05) is 26.8 Å². The number of carbonyl (C=O) groups excluding carboxylic acids is 2. The second-order valence-corrected chi connectivity index (χ2v) is 6.63. The lowest BCUT2D eigenvalue weighted by molar-refractivity contribution is 0.0857. The third-order valence-electron chi connectivity index (χ3n) is 4.63. The molecule has 2 aromatic rings. The van der Waals surface area contributed by atoms with Gasteiger partial charge in [0.1, 0.15) is 11.4 Å². The summed E-state index contributed by atoms with van der Waals surface area (Å²) in [5.41, 5.74) is 1.73. The van der Waals surface area contributed by atoms with Crippen LogP contribution in [0.5, 0.6) is 5.75 Å². The molecule has 7 heteroatoms. The summed E-state index contributed by atoms with van der Waals surface area (Å²) < 4.78 is 10.6. The normalized spacial score (nSPS) is 15.8. The average Bonchev–Trinajstić information content (AvgIpc) is 3.26. The fraction of sp³-hybridized carbons (Fsp3) is 0.381. The van der Waals surface area contributed by atoms with Gasteiger partial charge in [-0.1, -0.05) is 12.1 Å². The minimum atomic E-state index is -0.303. The fourth-order valence-corrected chi connectivity index (χ4v) is 3.01. The van der Waals surface area contributed by atoms with Gasteiger partial charge in [0.15, 0.2) is 0 Å². The Balaban J connectivity index is 1.49. The van der Waals surface area contributed by atoms with E-state index in [1.54, 1.807) is 13.2 Å². The first-order valence-corrected chi connectivity index (χ1v) is 9.42. The SMILES string of the molecule is COc1ccc(CCNC(=O)c2cc(C(=O)NCC3CCCO3)ccn2)cc1. The van der Waals surface area contributed by atoms with Gasteiger partial charge < -0.3 is 20.1 Å². The van der Waals surface area contributed by atoms with Crippen molar-refractivity contribution in [2.45, 2.75) is 25.4 Å². The molecule has 28 heavy (non-hydrogen) atoms. The summed E-state index contributed by atoms with van der Waals surface area (Å²) in [5, 5.41) is 5.68. The van der Waals surface area contributed by atoms with Gasteiger partial charge >= 0.3 is 0 Å². The molecule has 0 aliphatic carbocycles. The topological polar surface area (TPSA) is 89.5 Å². The highest BCUT2D eigenvalue weighted by Crippen LogP contribution is 2.12. The number of ether oxygens (including phenoxy) is 2. The Labute approximate surface area is 164 Å². The first-order chi connectivity index (χ1) is 13.7. The number of hydrogen-bond donors (Lipinski definition) is 2. The molecule has 148 valence electrons. The molecule has 0 radical (unpaired) electrons. The number of aromatic nitrogens is 1. The first-order valence-electron chi connectivity index (χ1n) is 9.42. The Morgan fingerprint density at radius 1 is 1.18 bits per heavy atom. The molecule has 0 saturated carbocycles. The largest absolute Gasteiger partial charge is 0.497 e. The number of benzene rings is 1. The van der Waals surface area contributed by atoms with Gasteiger partial charge in [-0.3, -0.25) is 14.6 Å². The van der Waals surface area contributed by atoms with Crippen LogP contribution in [0.3, 0.4) is 0 Å². The van der Waals surface area contributed by atoms with Crippen molar-refractivity contribution in [2.24, 2.45) is 0 Å². The third-order valence-corrected chi connectivity index (χ3v) is 4.63. The van der Waals surface area contributed by atoms with Crippen molar-refractivity contribution in [3.63, 3.8) is 0 Å². The lowest BCUT2D eigenvalue weighted by atomic mass is 10.1. The molecule has 2 N–H and O–H groups in total. The predicted octanol–water partition coefficient (Wildman–Crippen LogP) is 1.97. The van der Waals surface area contributed by atoms with Crippen LogP contribution in [-0.2, 0) is 11.2 Å². The summed E-state index contributed by atoms with van der Waals surface area (Å²) in [7, 11) is 1.62. The van der Waals surface area contributed by atoms with Crippen LogP contribution in [0, 0.1) is 0 Å². The zero-order chi connectivity index (χ0) is 19.8. The van der Waals surface area contributed by atoms with Crippen molar-refractivity contribution in [1.29, 1.82) is 0 Å². The second kappa shape index (κ2) is 9.85. The number of nitrogens with one attached hydrogen (secondary N) is 2. The molecular weight excluding hydrogens is 358 g/mol. The molecule has 1 aromatic heterocycles. The zero-order valence-electron chi connectivity index (χ0n) is 15.9. The number of carbonyl (C=O) groups is 2. The van der Waals surface area contributed by atoms with Crippen molar-refractivity contribution >= 4 is 11.8 Å². The summed E-state index contributed by atoms with van der Waals surface area (Å²) in [6.45, 7) is 1.70. The van der Waals surface area contributed by atoms with Crippen molar-refractivity contribution in [3.8, 4) is 5.75 Å². The predicted molar refractivity (Wildman–Crippen MR) is 105 cm³/mol. The lowest BCUT2D eigenvalue weighted by Gasteiger charge is -2.11. The molecule has 1 aliphatic rings. The molecule has 3 rings (SSSR count). The van der Waals surface area contributed by atoms with Gasteiger partial charge in [-0.25, -0.2) is 0 Å². The van der Waals surface area contributed by atoms with E-state index < -0.39 is 0 Å².